The molecule has 0 bridgehead atoms. The molecule has 0 aromatic carbocycles. The summed E-state index contributed by atoms with van der Waals surface area (Å²) in [7, 11) is 8.61. The van der Waals surface area contributed by atoms with Gasteiger partial charge in [-0.05, 0) is 179 Å². The average molecular weight is 1240 g/mol. The minimum atomic E-state index is -0.585. The van der Waals surface area contributed by atoms with Crippen LogP contribution in [0.5, 0.6) is 0 Å². The van der Waals surface area contributed by atoms with Crippen molar-refractivity contribution in [1.82, 2.24) is 19.9 Å². The predicted molar refractivity (Wildman–Crippen MR) is 329 cm³/mol. The number of amides is 4. The molecule has 5 saturated carbocycles. The van der Waals surface area contributed by atoms with Crippen molar-refractivity contribution in [2.24, 2.45) is 23.7 Å². The van der Waals surface area contributed by atoms with Gasteiger partial charge in [0.2, 0.25) is 23.6 Å². The largest absolute Gasteiger partial charge is 0.464 e. The SMILES string of the molecule is COC(=O)c1nc(NC(=O)C2CC2)ccc1C1=CC(=O)CC1.COC(=O)c1nc(NC(=O)C2CC2)ccc1C1=CC(O)CC1.COC(=O)c1nc(NC(=O)C2CC2)ccc1C1=CC(OC)CC1.COC(=O)c1nc(NC(=O)C2CC2)ccc1C1CCC(OC)C1. The summed E-state index contributed by atoms with van der Waals surface area (Å²) in [6, 6.07) is 13.9. The Bertz CT molecular complexity index is 3530. The van der Waals surface area contributed by atoms with Crippen molar-refractivity contribution in [1.29, 1.82) is 0 Å². The highest BCUT2D eigenvalue weighted by Crippen LogP contribution is 2.40. The van der Waals surface area contributed by atoms with E-state index in [2.05, 4.69) is 41.2 Å². The van der Waals surface area contributed by atoms with Gasteiger partial charge < -0.3 is 54.8 Å². The first-order valence-electron chi connectivity index (χ1n) is 30.4. The number of pyridine rings is 4. The van der Waals surface area contributed by atoms with Gasteiger partial charge in [0.1, 0.15) is 23.3 Å². The lowest BCUT2D eigenvalue weighted by Crippen LogP contribution is -2.17. The number of anilines is 4. The molecule has 4 aromatic heterocycles. The first kappa shape index (κ1) is 65.6. The third-order valence-electron chi connectivity index (χ3n) is 16.6. The highest BCUT2D eigenvalue weighted by molar-refractivity contribution is 6.05. The fourth-order valence-corrected chi connectivity index (χ4v) is 10.8. The smallest absolute Gasteiger partial charge is 0.357 e. The van der Waals surface area contributed by atoms with Crippen molar-refractivity contribution >= 4 is 93.3 Å². The van der Waals surface area contributed by atoms with Crippen LogP contribution < -0.4 is 21.3 Å². The Labute approximate surface area is 520 Å². The molecular formula is C66H76N8O16. The number of allylic oxidation sites excluding steroid dienone is 4. The van der Waals surface area contributed by atoms with Crippen LogP contribution in [-0.2, 0) is 52.4 Å². The van der Waals surface area contributed by atoms with Gasteiger partial charge in [0, 0.05) is 61.0 Å². The third-order valence-corrected chi connectivity index (χ3v) is 16.6. The maximum Gasteiger partial charge on any atom is 0.357 e. The molecule has 8 aliphatic rings. The van der Waals surface area contributed by atoms with E-state index in [4.69, 9.17) is 28.4 Å². The second-order valence-electron chi connectivity index (χ2n) is 23.2. The van der Waals surface area contributed by atoms with Gasteiger partial charge in [0.25, 0.3) is 0 Å². The summed E-state index contributed by atoms with van der Waals surface area (Å²) in [4.78, 5) is 124. The number of hydrogen-bond donors (Lipinski definition) is 5. The van der Waals surface area contributed by atoms with Crippen LogP contribution >= 0.6 is 0 Å². The van der Waals surface area contributed by atoms with Crippen LogP contribution in [0.25, 0.3) is 16.7 Å². The van der Waals surface area contributed by atoms with Gasteiger partial charge in [-0.1, -0.05) is 18.2 Å². The summed E-state index contributed by atoms with van der Waals surface area (Å²) in [5.41, 5.74) is 6.32. The molecule has 0 spiro atoms. The number of aromatic nitrogens is 4. The molecule has 4 unspecified atom stereocenters. The monoisotopic (exact) mass is 1240 g/mol. The Morgan fingerprint density at radius 1 is 0.422 bits per heavy atom. The minimum Gasteiger partial charge on any atom is -0.464 e. The number of aliphatic hydroxyl groups excluding tert-OH is 1. The second kappa shape index (κ2) is 30.1. The zero-order chi connectivity index (χ0) is 64.2. The van der Waals surface area contributed by atoms with Crippen molar-refractivity contribution < 1.29 is 76.7 Å². The normalized spacial score (nSPS) is 20.3. The van der Waals surface area contributed by atoms with Crippen LogP contribution in [-0.4, -0.2) is 139 Å². The van der Waals surface area contributed by atoms with E-state index >= 15 is 0 Å². The number of hydrogen-bond acceptors (Lipinski definition) is 20. The average Bonchev–Trinajstić information content (AvgIpc) is 2.57. The standard InChI is InChI=1S/C17H22N2O4.C17H20N2O4.C16H18N2O4.C16H16N2O4/c2*1-22-12-6-5-11(9-12)13-7-8-14(18-15(13)17(21)23-2)19-16(20)10-3-4-10;2*1-22-16(21)14-12(10-4-5-11(19)8-10)6-7-13(17-14)18-15(20)9-2-3-9/h7-8,10-12H,3-6,9H2,1-2H3,(H,18,19,20);7-10,12H,3-6H2,1-2H3,(H,18,19,20);6-9,11,19H,2-5H2,1H3,(H,17,18,20);6-9H,2-5H2,1H3,(H,17,18,20). The molecular weight excluding hydrogens is 1160 g/mol. The summed E-state index contributed by atoms with van der Waals surface area (Å²) in [6.07, 6.45) is 19.2. The number of carbonyl (C=O) groups is 9. The number of methoxy groups -OCH3 is 6. The molecule has 4 atom stereocenters. The first-order valence-corrected chi connectivity index (χ1v) is 30.4. The lowest BCUT2D eigenvalue weighted by atomic mass is 9.95. The fourth-order valence-electron chi connectivity index (χ4n) is 10.8. The number of rotatable bonds is 18. The van der Waals surface area contributed by atoms with Crippen LogP contribution in [0.2, 0.25) is 0 Å². The summed E-state index contributed by atoms with van der Waals surface area (Å²) < 4.78 is 30.0. The number of nitrogens with zero attached hydrogens (tertiary/aromatic N) is 4. The molecule has 0 saturated heterocycles. The van der Waals surface area contributed by atoms with E-state index in [1.54, 1.807) is 56.7 Å². The quantitative estimate of drug-likeness (QED) is 0.0459. The molecule has 24 heteroatoms. The van der Waals surface area contributed by atoms with Gasteiger partial charge in [0.05, 0.1) is 46.8 Å². The molecule has 8 aliphatic carbocycles. The van der Waals surface area contributed by atoms with Crippen LogP contribution in [0.15, 0.2) is 66.8 Å². The molecule has 24 nitrogen and oxygen atoms in total. The minimum absolute atomic E-state index is 0.0265. The molecule has 12 rings (SSSR count). The van der Waals surface area contributed by atoms with Gasteiger partial charge in [-0.3, -0.25) is 24.0 Å². The fraction of sp³-hybridized carbons (Fsp3) is 0.470. The van der Waals surface area contributed by atoms with Crippen LogP contribution in [0.4, 0.5) is 23.3 Å². The summed E-state index contributed by atoms with van der Waals surface area (Å²) in [6.45, 7) is 0. The molecule has 90 heavy (non-hydrogen) atoms. The lowest BCUT2D eigenvalue weighted by Gasteiger charge is -2.15. The van der Waals surface area contributed by atoms with E-state index in [-0.39, 0.29) is 88.3 Å². The van der Waals surface area contributed by atoms with E-state index < -0.39 is 30.0 Å². The molecule has 476 valence electrons. The zero-order valence-corrected chi connectivity index (χ0v) is 51.4. The first-order chi connectivity index (χ1) is 43.4. The Morgan fingerprint density at radius 2 is 0.811 bits per heavy atom. The van der Waals surface area contributed by atoms with Crippen LogP contribution in [0.3, 0.4) is 0 Å². The third kappa shape index (κ3) is 17.3. The Hall–Kier alpha value is -8.87. The predicted octanol–water partition coefficient (Wildman–Crippen LogP) is 8.63. The molecule has 5 N–H and O–H groups in total. The van der Waals surface area contributed by atoms with E-state index in [0.29, 0.717) is 65.8 Å². The van der Waals surface area contributed by atoms with Gasteiger partial charge in [0.15, 0.2) is 28.6 Å². The number of ketones is 1. The van der Waals surface area contributed by atoms with E-state index in [1.807, 2.05) is 18.2 Å². The maximum absolute atomic E-state index is 12.1. The number of ether oxygens (including phenoxy) is 6. The topological polar surface area (TPSA) is 329 Å². The van der Waals surface area contributed by atoms with Crippen LogP contribution in [0, 0.1) is 23.7 Å². The Kier molecular flexibility index (Phi) is 21.9. The molecule has 4 heterocycles. The van der Waals surface area contributed by atoms with Crippen LogP contribution in [0.1, 0.15) is 179 Å². The van der Waals surface area contributed by atoms with E-state index in [1.165, 1.54) is 34.5 Å². The van der Waals surface area contributed by atoms with Gasteiger partial charge in [-0.25, -0.2) is 39.1 Å². The van der Waals surface area contributed by atoms with Crippen molar-refractivity contribution in [2.75, 3.05) is 63.9 Å². The van der Waals surface area contributed by atoms with E-state index in [9.17, 15) is 48.3 Å². The summed E-state index contributed by atoms with van der Waals surface area (Å²) in [5.74, 6) is -0.300. The second-order valence-corrected chi connectivity index (χ2v) is 23.2. The number of carbonyl (C=O) groups excluding carboxylic acids is 9. The van der Waals surface area contributed by atoms with Crippen molar-refractivity contribution in [3.63, 3.8) is 0 Å². The number of aliphatic hydroxyl groups is 1. The molecule has 4 aromatic rings. The van der Waals surface area contributed by atoms with Gasteiger partial charge in [-0.2, -0.15) is 0 Å². The van der Waals surface area contributed by atoms with Crippen molar-refractivity contribution in [3.8, 4) is 0 Å². The lowest BCUT2D eigenvalue weighted by molar-refractivity contribution is -0.118. The van der Waals surface area contributed by atoms with Gasteiger partial charge >= 0.3 is 23.9 Å². The van der Waals surface area contributed by atoms with Crippen molar-refractivity contribution in [3.05, 3.63) is 112 Å². The molecule has 5 fully saturated rings. The van der Waals surface area contributed by atoms with E-state index in [0.717, 1.165) is 111 Å². The number of esters is 4. The van der Waals surface area contributed by atoms with Gasteiger partial charge in [-0.15, -0.1) is 0 Å². The maximum atomic E-state index is 12.1. The van der Waals surface area contributed by atoms with Crippen molar-refractivity contribution in [2.45, 2.75) is 133 Å². The Balaban J connectivity index is 0.000000142. The molecule has 4 amide bonds. The molecule has 0 radical (unpaired) electrons. The highest BCUT2D eigenvalue weighted by atomic mass is 16.5. The Morgan fingerprint density at radius 3 is 1.16 bits per heavy atom. The molecule has 0 aliphatic heterocycles. The highest BCUT2D eigenvalue weighted by Gasteiger charge is 2.35. The zero-order valence-electron chi connectivity index (χ0n) is 51.4. The number of nitrogens with one attached hydrogen (secondary N) is 4. The summed E-state index contributed by atoms with van der Waals surface area (Å²) >= 11 is 0. The summed E-state index contributed by atoms with van der Waals surface area (Å²) in [5, 5.41) is 20.6.